The lowest BCUT2D eigenvalue weighted by Gasteiger charge is -2.25. The molecule has 0 aromatic heterocycles. The second-order valence-electron chi connectivity index (χ2n) is 4.60. The smallest absolute Gasteiger partial charge is 0.180 e. The van der Waals surface area contributed by atoms with Gasteiger partial charge in [-0.25, -0.2) is 0 Å². The van der Waals surface area contributed by atoms with E-state index in [9.17, 15) is 0 Å². The average molecular weight is 286 g/mol. The molecule has 0 bridgehead atoms. The van der Waals surface area contributed by atoms with Crippen molar-refractivity contribution in [2.24, 2.45) is 5.73 Å². The number of methoxy groups -OCH3 is 1. The van der Waals surface area contributed by atoms with E-state index in [0.717, 1.165) is 31.4 Å². The first-order valence-electron chi connectivity index (χ1n) is 6.55. The van der Waals surface area contributed by atoms with Crippen molar-refractivity contribution in [3.05, 3.63) is 22.7 Å². The van der Waals surface area contributed by atoms with Gasteiger partial charge in [-0.2, -0.15) is 0 Å². The third kappa shape index (κ3) is 3.75. The summed E-state index contributed by atoms with van der Waals surface area (Å²) >= 11 is 6.28. The summed E-state index contributed by atoms with van der Waals surface area (Å²) in [4.78, 5) is 0. The molecule has 0 amide bonds. The minimum Gasteiger partial charge on any atom is -0.493 e. The van der Waals surface area contributed by atoms with Gasteiger partial charge < -0.3 is 19.9 Å². The third-order valence-corrected chi connectivity index (χ3v) is 3.41. The Hall–Kier alpha value is -0.970. The normalized spacial score (nSPS) is 19.2. The summed E-state index contributed by atoms with van der Waals surface area (Å²) in [5.74, 6) is 1.25. The van der Waals surface area contributed by atoms with Crippen LogP contribution in [-0.4, -0.2) is 33.0 Å². The van der Waals surface area contributed by atoms with Gasteiger partial charge in [0.1, 0.15) is 6.10 Å². The summed E-state index contributed by atoms with van der Waals surface area (Å²) in [6.45, 7) is 1.99. The van der Waals surface area contributed by atoms with Gasteiger partial charge >= 0.3 is 0 Å². The van der Waals surface area contributed by atoms with Crippen LogP contribution in [0.1, 0.15) is 18.4 Å². The molecule has 1 saturated heterocycles. The highest BCUT2D eigenvalue weighted by Gasteiger charge is 2.20. The van der Waals surface area contributed by atoms with E-state index in [4.69, 9.17) is 31.5 Å². The zero-order valence-corrected chi connectivity index (χ0v) is 11.9. The Morgan fingerprint density at radius 3 is 2.95 bits per heavy atom. The Morgan fingerprint density at radius 2 is 2.32 bits per heavy atom. The first-order chi connectivity index (χ1) is 9.24. The van der Waals surface area contributed by atoms with E-state index in [0.29, 0.717) is 29.7 Å². The minimum absolute atomic E-state index is 0.0421. The highest BCUT2D eigenvalue weighted by molar-refractivity contribution is 6.32. The minimum atomic E-state index is 0.0421. The number of rotatable bonds is 5. The quantitative estimate of drug-likeness (QED) is 0.903. The van der Waals surface area contributed by atoms with Crippen LogP contribution in [0.15, 0.2) is 12.1 Å². The van der Waals surface area contributed by atoms with Crippen molar-refractivity contribution < 1.29 is 14.2 Å². The second-order valence-corrected chi connectivity index (χ2v) is 5.01. The molecule has 1 atom stereocenters. The maximum Gasteiger partial charge on any atom is 0.180 e. The molecule has 0 radical (unpaired) electrons. The largest absolute Gasteiger partial charge is 0.493 e. The van der Waals surface area contributed by atoms with Gasteiger partial charge in [-0.15, -0.1) is 0 Å². The van der Waals surface area contributed by atoms with Crippen molar-refractivity contribution in [1.29, 1.82) is 0 Å². The SMILES string of the molecule is COc1cc(CCN)cc(Cl)c1OC1CCCOC1. The number of halogens is 1. The molecule has 4 nitrogen and oxygen atoms in total. The fourth-order valence-electron chi connectivity index (χ4n) is 2.17. The fourth-order valence-corrected chi connectivity index (χ4v) is 2.45. The third-order valence-electron chi connectivity index (χ3n) is 3.13. The van der Waals surface area contributed by atoms with Gasteiger partial charge in [-0.05, 0) is 43.5 Å². The zero-order chi connectivity index (χ0) is 13.7. The lowest BCUT2D eigenvalue weighted by molar-refractivity contribution is 0.00648. The van der Waals surface area contributed by atoms with Crippen LogP contribution in [0.25, 0.3) is 0 Å². The molecular formula is C14H20ClNO3. The van der Waals surface area contributed by atoms with Crippen molar-refractivity contribution in [2.45, 2.75) is 25.4 Å². The van der Waals surface area contributed by atoms with Crippen LogP contribution in [0, 0.1) is 0 Å². The molecule has 0 saturated carbocycles. The van der Waals surface area contributed by atoms with Gasteiger partial charge in [0.15, 0.2) is 11.5 Å². The average Bonchev–Trinajstić information content (AvgIpc) is 2.43. The van der Waals surface area contributed by atoms with Crippen LogP contribution in [0.4, 0.5) is 0 Å². The Morgan fingerprint density at radius 1 is 1.47 bits per heavy atom. The van der Waals surface area contributed by atoms with Gasteiger partial charge in [0, 0.05) is 6.61 Å². The van der Waals surface area contributed by atoms with E-state index in [1.165, 1.54) is 0 Å². The fraction of sp³-hybridized carbons (Fsp3) is 0.571. The summed E-state index contributed by atoms with van der Waals surface area (Å²) in [6.07, 6.45) is 2.79. The highest BCUT2D eigenvalue weighted by atomic mass is 35.5. The van der Waals surface area contributed by atoms with E-state index in [1.54, 1.807) is 7.11 Å². The number of nitrogens with two attached hydrogens (primary N) is 1. The number of benzene rings is 1. The molecule has 0 spiro atoms. The highest BCUT2D eigenvalue weighted by Crippen LogP contribution is 2.37. The first-order valence-corrected chi connectivity index (χ1v) is 6.93. The standard InChI is InChI=1S/C14H20ClNO3/c1-17-13-8-10(4-5-16)7-12(15)14(13)19-11-3-2-6-18-9-11/h7-8,11H,2-6,9,16H2,1H3. The maximum atomic E-state index is 6.28. The lowest BCUT2D eigenvalue weighted by atomic mass is 10.1. The van der Waals surface area contributed by atoms with Crippen molar-refractivity contribution in [3.63, 3.8) is 0 Å². The first kappa shape index (κ1) is 14.4. The van der Waals surface area contributed by atoms with Crippen molar-refractivity contribution >= 4 is 11.6 Å². The maximum absolute atomic E-state index is 6.28. The predicted octanol–water partition coefficient (Wildman–Crippen LogP) is 2.41. The van der Waals surface area contributed by atoms with E-state index in [-0.39, 0.29) is 6.10 Å². The van der Waals surface area contributed by atoms with Gasteiger partial charge in [-0.1, -0.05) is 11.6 Å². The molecule has 2 rings (SSSR count). The molecule has 1 aliphatic heterocycles. The second kappa shape index (κ2) is 6.98. The van der Waals surface area contributed by atoms with E-state index in [2.05, 4.69) is 0 Å². The van der Waals surface area contributed by atoms with Gasteiger partial charge in [0.2, 0.25) is 0 Å². The Kier molecular flexibility index (Phi) is 5.31. The number of hydrogen-bond donors (Lipinski definition) is 1. The molecule has 1 fully saturated rings. The molecule has 106 valence electrons. The number of ether oxygens (including phenoxy) is 3. The van der Waals surface area contributed by atoms with Crippen LogP contribution in [-0.2, 0) is 11.2 Å². The molecule has 1 aromatic rings. The van der Waals surface area contributed by atoms with Gasteiger partial charge in [-0.3, -0.25) is 0 Å². The van der Waals surface area contributed by atoms with Crippen molar-refractivity contribution in [1.82, 2.24) is 0 Å². The topological polar surface area (TPSA) is 53.7 Å². The molecule has 5 heteroatoms. The van der Waals surface area contributed by atoms with E-state index < -0.39 is 0 Å². The number of hydrogen-bond acceptors (Lipinski definition) is 4. The molecule has 0 aliphatic carbocycles. The van der Waals surface area contributed by atoms with Crippen LogP contribution < -0.4 is 15.2 Å². The summed E-state index contributed by atoms with van der Waals surface area (Å²) in [5, 5.41) is 0.563. The zero-order valence-electron chi connectivity index (χ0n) is 11.2. The Bertz CT molecular complexity index is 419. The van der Waals surface area contributed by atoms with Crippen LogP contribution >= 0.6 is 11.6 Å². The summed E-state index contributed by atoms with van der Waals surface area (Å²) in [7, 11) is 1.61. The van der Waals surface area contributed by atoms with Gasteiger partial charge in [0.25, 0.3) is 0 Å². The van der Waals surface area contributed by atoms with E-state index in [1.807, 2.05) is 12.1 Å². The van der Waals surface area contributed by atoms with Crippen molar-refractivity contribution in [2.75, 3.05) is 26.9 Å². The lowest BCUT2D eigenvalue weighted by Crippen LogP contribution is -2.28. The van der Waals surface area contributed by atoms with E-state index >= 15 is 0 Å². The molecular weight excluding hydrogens is 266 g/mol. The molecule has 1 heterocycles. The Labute approximate surface area is 118 Å². The predicted molar refractivity (Wildman–Crippen MR) is 75.2 cm³/mol. The van der Waals surface area contributed by atoms with Crippen LogP contribution in [0.3, 0.4) is 0 Å². The molecule has 1 aliphatic rings. The van der Waals surface area contributed by atoms with Crippen LogP contribution in [0.5, 0.6) is 11.5 Å². The summed E-state index contributed by atoms with van der Waals surface area (Å²) in [5.41, 5.74) is 6.61. The molecule has 19 heavy (non-hydrogen) atoms. The van der Waals surface area contributed by atoms with Crippen LogP contribution in [0.2, 0.25) is 5.02 Å². The summed E-state index contributed by atoms with van der Waals surface area (Å²) < 4.78 is 16.7. The molecule has 2 N–H and O–H groups in total. The summed E-state index contributed by atoms with van der Waals surface area (Å²) in [6, 6.07) is 3.81. The monoisotopic (exact) mass is 285 g/mol. The molecule has 1 aromatic carbocycles. The van der Waals surface area contributed by atoms with Crippen molar-refractivity contribution in [3.8, 4) is 11.5 Å². The van der Waals surface area contributed by atoms with Gasteiger partial charge in [0.05, 0.1) is 18.7 Å². The molecule has 1 unspecified atom stereocenters. The Balaban J connectivity index is 2.17.